The monoisotopic (exact) mass is 295 g/mol. The van der Waals surface area contributed by atoms with Gasteiger partial charge < -0.3 is 9.64 Å². The van der Waals surface area contributed by atoms with E-state index in [1.165, 1.54) is 0 Å². The summed E-state index contributed by atoms with van der Waals surface area (Å²) < 4.78 is 5.21. The van der Waals surface area contributed by atoms with Crippen molar-refractivity contribution in [1.82, 2.24) is 0 Å². The van der Waals surface area contributed by atoms with Gasteiger partial charge in [0.2, 0.25) is 0 Å². The second-order valence-corrected chi connectivity index (χ2v) is 5.37. The van der Waals surface area contributed by atoms with Gasteiger partial charge in [0.1, 0.15) is 5.75 Å². The Labute approximate surface area is 131 Å². The van der Waals surface area contributed by atoms with Gasteiger partial charge in [0, 0.05) is 25.3 Å². The first-order valence-corrected chi connectivity index (χ1v) is 7.15. The molecule has 0 fully saturated rings. The number of anilines is 1. The van der Waals surface area contributed by atoms with Crippen LogP contribution in [-0.2, 0) is 0 Å². The lowest BCUT2D eigenvalue weighted by Gasteiger charge is -2.11. The van der Waals surface area contributed by atoms with Gasteiger partial charge in [0.05, 0.1) is 7.11 Å². The summed E-state index contributed by atoms with van der Waals surface area (Å²) in [4.78, 5) is 14.2. The average molecular weight is 295 g/mol. The van der Waals surface area contributed by atoms with E-state index in [9.17, 15) is 4.79 Å². The van der Waals surface area contributed by atoms with E-state index in [-0.39, 0.29) is 5.78 Å². The van der Waals surface area contributed by atoms with Crippen molar-refractivity contribution in [2.24, 2.45) is 0 Å². The Morgan fingerprint density at radius 2 is 1.77 bits per heavy atom. The number of carbonyl (C=O) groups excluding carboxylic acids is 1. The normalized spacial score (nSPS) is 10.7. The smallest absolute Gasteiger partial charge is 0.185 e. The number of methoxy groups -OCH3 is 1. The Hall–Kier alpha value is -2.55. The first-order chi connectivity index (χ1) is 10.5. The Morgan fingerprint density at radius 3 is 2.32 bits per heavy atom. The van der Waals surface area contributed by atoms with E-state index in [0.29, 0.717) is 5.56 Å². The fourth-order valence-corrected chi connectivity index (χ4v) is 2.18. The van der Waals surface area contributed by atoms with Crippen LogP contribution in [0.1, 0.15) is 21.5 Å². The quantitative estimate of drug-likeness (QED) is 0.617. The van der Waals surface area contributed by atoms with Gasteiger partial charge in [-0.3, -0.25) is 4.79 Å². The highest BCUT2D eigenvalue weighted by Gasteiger charge is 2.05. The van der Waals surface area contributed by atoms with Crippen LogP contribution in [0.3, 0.4) is 0 Å². The summed E-state index contributed by atoms with van der Waals surface area (Å²) in [5.41, 5.74) is 3.76. The molecule has 3 heteroatoms. The molecule has 0 unspecified atom stereocenters. The minimum Gasteiger partial charge on any atom is -0.496 e. The van der Waals surface area contributed by atoms with Crippen LogP contribution in [0.5, 0.6) is 5.75 Å². The first-order valence-electron chi connectivity index (χ1n) is 7.15. The molecule has 0 amide bonds. The third kappa shape index (κ3) is 3.76. The molecule has 0 aromatic heterocycles. The van der Waals surface area contributed by atoms with Gasteiger partial charge in [-0.1, -0.05) is 18.2 Å². The summed E-state index contributed by atoms with van der Waals surface area (Å²) >= 11 is 0. The predicted octanol–water partition coefficient (Wildman–Crippen LogP) is 3.97. The van der Waals surface area contributed by atoms with Crippen LogP contribution >= 0.6 is 0 Å². The maximum atomic E-state index is 12.2. The molecule has 0 saturated heterocycles. The van der Waals surface area contributed by atoms with Crippen molar-refractivity contribution >= 4 is 17.5 Å². The van der Waals surface area contributed by atoms with E-state index in [1.807, 2.05) is 68.4 Å². The van der Waals surface area contributed by atoms with E-state index in [1.54, 1.807) is 19.3 Å². The number of benzene rings is 2. The molecule has 0 aliphatic heterocycles. The van der Waals surface area contributed by atoms with E-state index in [0.717, 1.165) is 22.6 Å². The summed E-state index contributed by atoms with van der Waals surface area (Å²) in [5.74, 6) is 0.780. The van der Waals surface area contributed by atoms with Gasteiger partial charge in [-0.15, -0.1) is 0 Å². The number of ether oxygens (including phenoxy) is 1. The van der Waals surface area contributed by atoms with Gasteiger partial charge in [0.15, 0.2) is 5.78 Å². The summed E-state index contributed by atoms with van der Waals surface area (Å²) in [5, 5.41) is 0. The van der Waals surface area contributed by atoms with Gasteiger partial charge in [-0.25, -0.2) is 0 Å². The van der Waals surface area contributed by atoms with E-state index >= 15 is 0 Å². The Balaban J connectivity index is 2.12. The minimum absolute atomic E-state index is 0.0116. The largest absolute Gasteiger partial charge is 0.496 e. The molecule has 0 heterocycles. The molecule has 0 bridgehead atoms. The van der Waals surface area contributed by atoms with Crippen LogP contribution in [-0.4, -0.2) is 27.0 Å². The highest BCUT2D eigenvalue weighted by Crippen LogP contribution is 2.19. The van der Waals surface area contributed by atoms with Crippen molar-refractivity contribution < 1.29 is 9.53 Å². The third-order valence-corrected chi connectivity index (χ3v) is 3.52. The second kappa shape index (κ2) is 6.94. The lowest BCUT2D eigenvalue weighted by atomic mass is 10.1. The molecule has 3 nitrogen and oxygen atoms in total. The number of hydrogen-bond donors (Lipinski definition) is 0. The number of allylic oxidation sites excluding steroid dienone is 1. The molecule has 2 aromatic rings. The Morgan fingerprint density at radius 1 is 1.09 bits per heavy atom. The maximum Gasteiger partial charge on any atom is 0.185 e. The molecule has 0 aliphatic rings. The zero-order valence-corrected chi connectivity index (χ0v) is 13.5. The van der Waals surface area contributed by atoms with Crippen molar-refractivity contribution in [3.8, 4) is 5.75 Å². The van der Waals surface area contributed by atoms with E-state index in [4.69, 9.17) is 4.74 Å². The summed E-state index contributed by atoms with van der Waals surface area (Å²) in [6, 6.07) is 13.5. The molecule has 0 radical (unpaired) electrons. The van der Waals surface area contributed by atoms with Crippen molar-refractivity contribution in [3.05, 3.63) is 65.2 Å². The van der Waals surface area contributed by atoms with Crippen molar-refractivity contribution in [1.29, 1.82) is 0 Å². The molecule has 0 aliphatic carbocycles. The number of hydrogen-bond acceptors (Lipinski definition) is 3. The number of carbonyl (C=O) groups is 1. The lowest BCUT2D eigenvalue weighted by molar-refractivity contribution is 0.104. The first kappa shape index (κ1) is 15.8. The predicted molar refractivity (Wildman–Crippen MR) is 91.9 cm³/mol. The summed E-state index contributed by atoms with van der Waals surface area (Å²) in [6.45, 7) is 1.93. The highest BCUT2D eigenvalue weighted by molar-refractivity contribution is 6.07. The fraction of sp³-hybridized carbons (Fsp3) is 0.211. The highest BCUT2D eigenvalue weighted by atomic mass is 16.5. The van der Waals surface area contributed by atoms with E-state index in [2.05, 4.69) is 0 Å². The molecule has 114 valence electrons. The third-order valence-electron chi connectivity index (χ3n) is 3.52. The van der Waals surface area contributed by atoms with Crippen LogP contribution in [0.15, 0.2) is 48.5 Å². The number of aryl methyl sites for hydroxylation is 1. The zero-order valence-electron chi connectivity index (χ0n) is 13.5. The molecule has 2 aromatic carbocycles. The standard InChI is InChI=1S/C19H21NO2/c1-14-13-16(8-12-19(14)22-4)18(21)11-7-15-5-9-17(10-6-15)20(2)3/h5-13H,1-4H3/b11-7+. The molecule has 22 heavy (non-hydrogen) atoms. The SMILES string of the molecule is COc1ccc(C(=O)/C=C/c2ccc(N(C)C)cc2)cc1C. The number of rotatable bonds is 5. The zero-order chi connectivity index (χ0) is 16.1. The van der Waals surface area contributed by atoms with Crippen LogP contribution < -0.4 is 9.64 Å². The molecular formula is C19H21NO2. The van der Waals surface area contributed by atoms with Gasteiger partial charge in [0.25, 0.3) is 0 Å². The van der Waals surface area contributed by atoms with Crippen LogP contribution in [0, 0.1) is 6.92 Å². The maximum absolute atomic E-state index is 12.2. The molecule has 0 atom stereocenters. The van der Waals surface area contributed by atoms with Gasteiger partial charge >= 0.3 is 0 Å². The van der Waals surface area contributed by atoms with Crippen LogP contribution in [0.25, 0.3) is 6.08 Å². The Kier molecular flexibility index (Phi) is 4.99. The second-order valence-electron chi connectivity index (χ2n) is 5.37. The van der Waals surface area contributed by atoms with Crippen molar-refractivity contribution in [3.63, 3.8) is 0 Å². The van der Waals surface area contributed by atoms with E-state index < -0.39 is 0 Å². The average Bonchev–Trinajstić information content (AvgIpc) is 2.52. The molecule has 0 spiro atoms. The van der Waals surface area contributed by atoms with Crippen LogP contribution in [0.2, 0.25) is 0 Å². The molecule has 0 N–H and O–H groups in total. The van der Waals surface area contributed by atoms with Crippen molar-refractivity contribution in [2.45, 2.75) is 6.92 Å². The lowest BCUT2D eigenvalue weighted by Crippen LogP contribution is -2.07. The van der Waals surface area contributed by atoms with Crippen LogP contribution in [0.4, 0.5) is 5.69 Å². The topological polar surface area (TPSA) is 29.5 Å². The fourth-order valence-electron chi connectivity index (χ4n) is 2.18. The minimum atomic E-state index is -0.0116. The number of ketones is 1. The molecule has 0 saturated carbocycles. The molecule has 2 rings (SSSR count). The molecular weight excluding hydrogens is 274 g/mol. The van der Waals surface area contributed by atoms with Gasteiger partial charge in [-0.2, -0.15) is 0 Å². The Bertz CT molecular complexity index is 685. The van der Waals surface area contributed by atoms with Gasteiger partial charge in [-0.05, 0) is 54.5 Å². The number of nitrogens with zero attached hydrogens (tertiary/aromatic N) is 1. The summed E-state index contributed by atoms with van der Waals surface area (Å²) in [7, 11) is 5.63. The summed E-state index contributed by atoms with van der Waals surface area (Å²) in [6.07, 6.45) is 3.44. The van der Waals surface area contributed by atoms with Crippen molar-refractivity contribution in [2.75, 3.05) is 26.1 Å².